The van der Waals surface area contributed by atoms with Gasteiger partial charge in [0.1, 0.15) is 0 Å². The monoisotopic (exact) mass is 295 g/mol. The lowest BCUT2D eigenvalue weighted by Gasteiger charge is -2.50. The molecule has 4 heteroatoms. The van der Waals surface area contributed by atoms with Crippen LogP contribution in [0.2, 0.25) is 0 Å². The first-order valence-corrected chi connectivity index (χ1v) is 9.10. The van der Waals surface area contributed by atoms with Crippen molar-refractivity contribution in [1.82, 2.24) is 15.1 Å². The SMILES string of the molecule is CCNC1(CO)CCCC(N2CCN3CCCCC3C2)C1. The van der Waals surface area contributed by atoms with Gasteiger partial charge in [-0.25, -0.2) is 0 Å². The summed E-state index contributed by atoms with van der Waals surface area (Å²) in [6.07, 6.45) is 9.04. The molecule has 0 spiro atoms. The van der Waals surface area contributed by atoms with Crippen molar-refractivity contribution in [3.05, 3.63) is 0 Å². The lowest BCUT2D eigenvalue weighted by atomic mass is 9.78. The average Bonchev–Trinajstić information content (AvgIpc) is 2.55. The van der Waals surface area contributed by atoms with E-state index in [-0.39, 0.29) is 5.54 Å². The summed E-state index contributed by atoms with van der Waals surface area (Å²) in [5.41, 5.74) is -0.0125. The fraction of sp³-hybridized carbons (Fsp3) is 1.00. The van der Waals surface area contributed by atoms with Gasteiger partial charge in [-0.2, -0.15) is 0 Å². The number of aliphatic hydroxyl groups is 1. The van der Waals surface area contributed by atoms with E-state index in [1.54, 1.807) is 0 Å². The van der Waals surface area contributed by atoms with Gasteiger partial charge in [0.2, 0.25) is 0 Å². The zero-order valence-electron chi connectivity index (χ0n) is 13.7. The van der Waals surface area contributed by atoms with Crippen LogP contribution in [0.15, 0.2) is 0 Å². The van der Waals surface area contributed by atoms with Crippen LogP contribution in [0, 0.1) is 0 Å². The Kier molecular flexibility index (Phi) is 5.20. The quantitative estimate of drug-likeness (QED) is 0.823. The molecule has 21 heavy (non-hydrogen) atoms. The van der Waals surface area contributed by atoms with E-state index in [0.29, 0.717) is 12.6 Å². The number of piperidine rings is 1. The third-order valence-corrected chi connectivity index (χ3v) is 6.06. The van der Waals surface area contributed by atoms with Crippen molar-refractivity contribution in [3.8, 4) is 0 Å². The van der Waals surface area contributed by atoms with Crippen LogP contribution in [0.1, 0.15) is 51.9 Å². The highest BCUT2D eigenvalue weighted by atomic mass is 16.3. The smallest absolute Gasteiger partial charge is 0.0613 e. The number of nitrogens with one attached hydrogen (secondary N) is 1. The third-order valence-electron chi connectivity index (χ3n) is 6.06. The predicted octanol–water partition coefficient (Wildman–Crippen LogP) is 1.44. The molecule has 3 aliphatic rings. The molecular formula is C17H33N3O. The molecule has 3 fully saturated rings. The van der Waals surface area contributed by atoms with Crippen molar-refractivity contribution in [2.75, 3.05) is 39.3 Å². The summed E-state index contributed by atoms with van der Waals surface area (Å²) in [5, 5.41) is 13.5. The molecule has 3 rings (SSSR count). The van der Waals surface area contributed by atoms with Crippen molar-refractivity contribution in [1.29, 1.82) is 0 Å². The highest BCUT2D eigenvalue weighted by molar-refractivity contribution is 4.98. The number of nitrogens with zero attached hydrogens (tertiary/aromatic N) is 2. The summed E-state index contributed by atoms with van der Waals surface area (Å²) in [4.78, 5) is 5.46. The molecule has 3 atom stereocenters. The standard InChI is InChI=1S/C17H33N3O/c1-2-18-17(14-21)8-5-7-15(12-17)20-11-10-19-9-4-3-6-16(19)13-20/h15-16,18,21H,2-14H2,1H3. The molecule has 2 N–H and O–H groups in total. The molecule has 0 aromatic rings. The van der Waals surface area contributed by atoms with Gasteiger partial charge in [0.25, 0.3) is 0 Å². The molecule has 0 aromatic heterocycles. The maximum atomic E-state index is 9.89. The first-order chi connectivity index (χ1) is 10.3. The number of piperazine rings is 1. The molecule has 1 aliphatic carbocycles. The minimum Gasteiger partial charge on any atom is -0.394 e. The Morgan fingerprint density at radius 1 is 1.05 bits per heavy atom. The number of rotatable bonds is 4. The van der Waals surface area contributed by atoms with Gasteiger partial charge in [0.15, 0.2) is 0 Å². The molecule has 0 amide bonds. The van der Waals surface area contributed by atoms with Gasteiger partial charge in [-0.1, -0.05) is 13.3 Å². The molecule has 0 radical (unpaired) electrons. The second kappa shape index (κ2) is 6.95. The van der Waals surface area contributed by atoms with Crippen LogP contribution in [-0.2, 0) is 0 Å². The van der Waals surface area contributed by atoms with E-state index in [0.717, 1.165) is 25.4 Å². The Bertz CT molecular complexity index is 334. The lowest BCUT2D eigenvalue weighted by Crippen LogP contribution is -2.61. The Labute approximate surface area is 129 Å². The zero-order valence-corrected chi connectivity index (χ0v) is 13.7. The van der Waals surface area contributed by atoms with Crippen molar-refractivity contribution in [2.45, 2.75) is 69.5 Å². The van der Waals surface area contributed by atoms with Crippen LogP contribution < -0.4 is 5.32 Å². The van der Waals surface area contributed by atoms with Crippen LogP contribution in [0.3, 0.4) is 0 Å². The summed E-state index contributed by atoms with van der Waals surface area (Å²) < 4.78 is 0. The van der Waals surface area contributed by atoms with Crippen molar-refractivity contribution in [2.24, 2.45) is 0 Å². The van der Waals surface area contributed by atoms with E-state index in [1.807, 2.05) is 0 Å². The Hall–Kier alpha value is -0.160. The van der Waals surface area contributed by atoms with Gasteiger partial charge in [0, 0.05) is 37.3 Å². The number of hydrogen-bond acceptors (Lipinski definition) is 4. The molecule has 0 bridgehead atoms. The second-order valence-electron chi connectivity index (χ2n) is 7.40. The largest absolute Gasteiger partial charge is 0.394 e. The maximum Gasteiger partial charge on any atom is 0.0613 e. The summed E-state index contributed by atoms with van der Waals surface area (Å²) >= 11 is 0. The van der Waals surface area contributed by atoms with E-state index in [9.17, 15) is 5.11 Å². The molecule has 3 unspecified atom stereocenters. The topological polar surface area (TPSA) is 38.7 Å². The van der Waals surface area contributed by atoms with Crippen molar-refractivity contribution < 1.29 is 5.11 Å². The summed E-state index contributed by atoms with van der Waals surface area (Å²) in [6.45, 7) is 8.48. The number of hydrogen-bond donors (Lipinski definition) is 2. The highest BCUT2D eigenvalue weighted by Crippen LogP contribution is 2.33. The fourth-order valence-electron chi connectivity index (χ4n) is 4.89. The molecule has 1 saturated carbocycles. The Balaban J connectivity index is 1.61. The van der Waals surface area contributed by atoms with Crippen LogP contribution in [-0.4, -0.2) is 71.9 Å². The van der Waals surface area contributed by atoms with Gasteiger partial charge >= 0.3 is 0 Å². The Morgan fingerprint density at radius 2 is 1.86 bits per heavy atom. The van der Waals surface area contributed by atoms with Crippen LogP contribution in [0.4, 0.5) is 0 Å². The van der Waals surface area contributed by atoms with Gasteiger partial charge < -0.3 is 10.4 Å². The minimum absolute atomic E-state index is 0.0125. The van der Waals surface area contributed by atoms with E-state index in [4.69, 9.17) is 0 Å². The third kappa shape index (κ3) is 3.44. The van der Waals surface area contributed by atoms with Gasteiger partial charge in [0.05, 0.1) is 6.61 Å². The van der Waals surface area contributed by atoms with Crippen LogP contribution in [0.25, 0.3) is 0 Å². The highest BCUT2D eigenvalue weighted by Gasteiger charge is 2.39. The fourth-order valence-corrected chi connectivity index (χ4v) is 4.89. The zero-order chi connectivity index (χ0) is 14.7. The molecule has 122 valence electrons. The normalized spacial score (nSPS) is 39.1. The van der Waals surface area contributed by atoms with Crippen LogP contribution >= 0.6 is 0 Å². The molecular weight excluding hydrogens is 262 g/mol. The van der Waals surface area contributed by atoms with E-state index >= 15 is 0 Å². The maximum absolute atomic E-state index is 9.89. The summed E-state index contributed by atoms with van der Waals surface area (Å²) in [5.74, 6) is 0. The Morgan fingerprint density at radius 3 is 2.67 bits per heavy atom. The second-order valence-corrected chi connectivity index (χ2v) is 7.40. The van der Waals surface area contributed by atoms with E-state index < -0.39 is 0 Å². The van der Waals surface area contributed by atoms with Gasteiger partial charge in [-0.05, 0) is 51.6 Å². The average molecular weight is 295 g/mol. The summed E-state index contributed by atoms with van der Waals surface area (Å²) in [7, 11) is 0. The van der Waals surface area contributed by atoms with Crippen molar-refractivity contribution in [3.63, 3.8) is 0 Å². The number of fused-ring (bicyclic) bond motifs is 1. The first-order valence-electron chi connectivity index (χ1n) is 9.10. The predicted molar refractivity (Wildman–Crippen MR) is 86.5 cm³/mol. The molecule has 2 aliphatic heterocycles. The van der Waals surface area contributed by atoms with Gasteiger partial charge in [-0.15, -0.1) is 0 Å². The van der Waals surface area contributed by atoms with E-state index in [1.165, 1.54) is 58.3 Å². The molecule has 2 saturated heterocycles. The molecule has 4 nitrogen and oxygen atoms in total. The van der Waals surface area contributed by atoms with Gasteiger partial charge in [-0.3, -0.25) is 9.80 Å². The minimum atomic E-state index is -0.0125. The lowest BCUT2D eigenvalue weighted by molar-refractivity contribution is -0.00252. The van der Waals surface area contributed by atoms with Crippen molar-refractivity contribution >= 4 is 0 Å². The number of likely N-dealkylation sites (N-methyl/N-ethyl adjacent to an activating group) is 1. The molecule has 2 heterocycles. The van der Waals surface area contributed by atoms with E-state index in [2.05, 4.69) is 22.0 Å². The first kappa shape index (κ1) is 15.7. The summed E-state index contributed by atoms with van der Waals surface area (Å²) in [6, 6.07) is 1.48. The number of aliphatic hydroxyl groups excluding tert-OH is 1. The molecule has 0 aromatic carbocycles. The van der Waals surface area contributed by atoms with Crippen LogP contribution in [0.5, 0.6) is 0 Å².